The van der Waals surface area contributed by atoms with Crippen LogP contribution in [0.1, 0.15) is 11.4 Å². The van der Waals surface area contributed by atoms with Gasteiger partial charge < -0.3 is 9.72 Å². The van der Waals surface area contributed by atoms with Crippen molar-refractivity contribution in [2.24, 2.45) is 0 Å². The van der Waals surface area contributed by atoms with Crippen LogP contribution in [-0.4, -0.2) is 16.4 Å². The monoisotopic (exact) mass is 175 g/mol. The van der Waals surface area contributed by atoms with Crippen molar-refractivity contribution in [1.29, 1.82) is 0 Å². The predicted molar refractivity (Wildman–Crippen MR) is 52.7 cm³/mol. The smallest absolute Gasteiger partial charge is 0.110 e. The molecular formula is C10H13N3. The van der Waals surface area contributed by atoms with E-state index in [0.717, 1.165) is 12.4 Å². The molecular weight excluding hydrogens is 162 g/mol. The average molecular weight is 175 g/mol. The number of aryl methyl sites for hydroxylation is 1. The molecule has 1 N–H and O–H groups in total. The third-order valence-corrected chi connectivity index (χ3v) is 2.21. The molecule has 0 aromatic carbocycles. The number of imidazole rings is 1. The molecule has 0 aliphatic carbocycles. The van der Waals surface area contributed by atoms with Crippen molar-refractivity contribution in [2.45, 2.75) is 13.5 Å². The Morgan fingerprint density at radius 3 is 3.15 bits per heavy atom. The molecule has 0 atom stereocenters. The van der Waals surface area contributed by atoms with Gasteiger partial charge in [-0.2, -0.15) is 0 Å². The molecule has 0 amide bonds. The fraction of sp³-hybridized carbons (Fsp3) is 0.300. The van der Waals surface area contributed by atoms with Gasteiger partial charge in [0.1, 0.15) is 5.82 Å². The Balaban J connectivity index is 2.63. The Kier molecular flexibility index (Phi) is 2.02. The highest BCUT2D eigenvalue weighted by Gasteiger charge is 2.02. The molecule has 0 saturated heterocycles. The molecule has 2 heterocycles. The van der Waals surface area contributed by atoms with Crippen LogP contribution in [0.5, 0.6) is 0 Å². The van der Waals surface area contributed by atoms with Gasteiger partial charge in [-0.25, -0.2) is 4.98 Å². The van der Waals surface area contributed by atoms with Crippen LogP contribution in [-0.2, 0) is 6.54 Å². The molecule has 2 aromatic rings. The van der Waals surface area contributed by atoms with Gasteiger partial charge in [-0.1, -0.05) is 6.07 Å². The quantitative estimate of drug-likeness (QED) is 0.746. The molecule has 0 unspecified atom stereocenters. The van der Waals surface area contributed by atoms with Crippen molar-refractivity contribution in [3.05, 3.63) is 35.9 Å². The Hall–Kier alpha value is -1.35. The summed E-state index contributed by atoms with van der Waals surface area (Å²) in [5, 5.41) is 3.14. The van der Waals surface area contributed by atoms with Gasteiger partial charge in [-0.15, -0.1) is 0 Å². The number of hydrogen-bond acceptors (Lipinski definition) is 2. The lowest BCUT2D eigenvalue weighted by Crippen LogP contribution is -2.06. The normalized spacial score (nSPS) is 10.9. The fourth-order valence-corrected chi connectivity index (χ4v) is 1.55. The molecule has 0 aliphatic rings. The van der Waals surface area contributed by atoms with Gasteiger partial charge in [0.05, 0.1) is 11.7 Å². The maximum atomic E-state index is 4.27. The zero-order valence-corrected chi connectivity index (χ0v) is 7.91. The summed E-state index contributed by atoms with van der Waals surface area (Å²) in [4.78, 5) is 4.27. The first-order valence-electron chi connectivity index (χ1n) is 4.39. The van der Waals surface area contributed by atoms with Crippen LogP contribution in [0, 0.1) is 6.92 Å². The lowest BCUT2D eigenvalue weighted by atomic mass is 10.2. The molecule has 68 valence electrons. The molecule has 3 heteroatoms. The SMILES string of the molecule is CNCc1cccn2c(C)ncc12. The fourth-order valence-electron chi connectivity index (χ4n) is 1.55. The number of pyridine rings is 1. The molecule has 0 spiro atoms. The van der Waals surface area contributed by atoms with Crippen LogP contribution in [0.4, 0.5) is 0 Å². The summed E-state index contributed by atoms with van der Waals surface area (Å²) in [6.45, 7) is 2.89. The molecule has 0 radical (unpaired) electrons. The second-order valence-electron chi connectivity index (χ2n) is 3.12. The lowest BCUT2D eigenvalue weighted by molar-refractivity contribution is 0.818. The highest BCUT2D eigenvalue weighted by molar-refractivity contribution is 5.53. The van der Waals surface area contributed by atoms with E-state index in [0.29, 0.717) is 0 Å². The van der Waals surface area contributed by atoms with E-state index in [1.54, 1.807) is 0 Å². The van der Waals surface area contributed by atoms with Crippen LogP contribution < -0.4 is 5.32 Å². The third kappa shape index (κ3) is 1.31. The van der Waals surface area contributed by atoms with Crippen LogP contribution in [0.15, 0.2) is 24.5 Å². The van der Waals surface area contributed by atoms with Crippen molar-refractivity contribution in [1.82, 2.24) is 14.7 Å². The minimum atomic E-state index is 0.884. The van der Waals surface area contributed by atoms with E-state index in [4.69, 9.17) is 0 Å². The van der Waals surface area contributed by atoms with Gasteiger partial charge in [0, 0.05) is 12.7 Å². The Morgan fingerprint density at radius 2 is 2.38 bits per heavy atom. The van der Waals surface area contributed by atoms with Crippen molar-refractivity contribution in [3.63, 3.8) is 0 Å². The van der Waals surface area contributed by atoms with E-state index in [1.807, 2.05) is 32.4 Å². The van der Waals surface area contributed by atoms with Crippen LogP contribution in [0.3, 0.4) is 0 Å². The van der Waals surface area contributed by atoms with Gasteiger partial charge in [0.25, 0.3) is 0 Å². The van der Waals surface area contributed by atoms with Crippen molar-refractivity contribution >= 4 is 5.52 Å². The van der Waals surface area contributed by atoms with Crippen molar-refractivity contribution in [3.8, 4) is 0 Å². The first-order valence-corrected chi connectivity index (χ1v) is 4.39. The highest BCUT2D eigenvalue weighted by atomic mass is 15.0. The van der Waals surface area contributed by atoms with Crippen LogP contribution >= 0.6 is 0 Å². The summed E-state index contributed by atoms with van der Waals surface area (Å²) in [6.07, 6.45) is 3.96. The number of hydrogen-bond donors (Lipinski definition) is 1. The summed E-state index contributed by atoms with van der Waals surface area (Å²) in [7, 11) is 1.95. The Morgan fingerprint density at radius 1 is 1.54 bits per heavy atom. The van der Waals surface area contributed by atoms with Gasteiger partial charge in [0.15, 0.2) is 0 Å². The minimum absolute atomic E-state index is 0.884. The topological polar surface area (TPSA) is 29.3 Å². The number of aromatic nitrogens is 2. The first kappa shape index (κ1) is 8.26. The van der Waals surface area contributed by atoms with E-state index in [2.05, 4.69) is 20.8 Å². The van der Waals surface area contributed by atoms with Crippen LogP contribution in [0.25, 0.3) is 5.52 Å². The molecule has 13 heavy (non-hydrogen) atoms. The summed E-state index contributed by atoms with van der Waals surface area (Å²) in [5.74, 6) is 1.04. The van der Waals surface area contributed by atoms with E-state index < -0.39 is 0 Å². The standard InChI is InChI=1S/C10H13N3/c1-8-12-7-10-9(6-11-2)4-3-5-13(8)10/h3-5,7,11H,6H2,1-2H3. The molecule has 0 saturated carbocycles. The second-order valence-corrected chi connectivity index (χ2v) is 3.12. The van der Waals surface area contributed by atoms with Gasteiger partial charge >= 0.3 is 0 Å². The lowest BCUT2D eigenvalue weighted by Gasteiger charge is -2.03. The molecule has 0 fully saturated rings. The number of nitrogens with one attached hydrogen (secondary N) is 1. The Bertz CT molecular complexity index is 417. The number of nitrogens with zero attached hydrogens (tertiary/aromatic N) is 2. The molecule has 0 bridgehead atoms. The third-order valence-electron chi connectivity index (χ3n) is 2.21. The van der Waals surface area contributed by atoms with Crippen LogP contribution in [0.2, 0.25) is 0 Å². The Labute approximate surface area is 77.4 Å². The summed E-state index contributed by atoms with van der Waals surface area (Å²) in [5.41, 5.74) is 2.47. The first-order chi connectivity index (χ1) is 6.33. The molecule has 2 rings (SSSR count). The second kappa shape index (κ2) is 3.18. The van der Waals surface area contributed by atoms with Gasteiger partial charge in [-0.05, 0) is 25.6 Å². The largest absolute Gasteiger partial charge is 0.316 e. The number of rotatable bonds is 2. The minimum Gasteiger partial charge on any atom is -0.316 e. The average Bonchev–Trinajstić information content (AvgIpc) is 2.50. The van der Waals surface area contributed by atoms with E-state index in [-0.39, 0.29) is 0 Å². The number of fused-ring (bicyclic) bond motifs is 1. The zero-order valence-electron chi connectivity index (χ0n) is 7.91. The predicted octanol–water partition coefficient (Wildman–Crippen LogP) is 1.36. The summed E-state index contributed by atoms with van der Waals surface area (Å²) < 4.78 is 2.10. The van der Waals surface area contributed by atoms with Crippen molar-refractivity contribution in [2.75, 3.05) is 7.05 Å². The van der Waals surface area contributed by atoms with E-state index in [1.165, 1.54) is 11.1 Å². The maximum Gasteiger partial charge on any atom is 0.110 e. The van der Waals surface area contributed by atoms with Crippen molar-refractivity contribution < 1.29 is 0 Å². The highest BCUT2D eigenvalue weighted by Crippen LogP contribution is 2.11. The molecule has 3 nitrogen and oxygen atoms in total. The van der Waals surface area contributed by atoms with E-state index >= 15 is 0 Å². The van der Waals surface area contributed by atoms with Gasteiger partial charge in [0.2, 0.25) is 0 Å². The summed E-state index contributed by atoms with van der Waals surface area (Å²) >= 11 is 0. The maximum absolute atomic E-state index is 4.27. The van der Waals surface area contributed by atoms with Gasteiger partial charge in [-0.3, -0.25) is 0 Å². The summed E-state index contributed by atoms with van der Waals surface area (Å²) in [6, 6.07) is 4.17. The molecule has 0 aliphatic heterocycles. The zero-order chi connectivity index (χ0) is 9.26. The molecule has 2 aromatic heterocycles. The van der Waals surface area contributed by atoms with E-state index in [9.17, 15) is 0 Å².